The summed E-state index contributed by atoms with van der Waals surface area (Å²) in [5, 5.41) is 6.10. The molecule has 1 N–H and O–H groups in total. The van der Waals surface area contributed by atoms with Crippen LogP contribution in [0.3, 0.4) is 0 Å². The summed E-state index contributed by atoms with van der Waals surface area (Å²) in [4.78, 5) is 9.11. The molecule has 0 fully saturated rings. The van der Waals surface area contributed by atoms with Crippen LogP contribution in [0.1, 0.15) is 22.9 Å². The third-order valence-electron chi connectivity index (χ3n) is 8.18. The number of fused-ring (bicyclic) bond motifs is 3. The lowest BCUT2D eigenvalue weighted by Gasteiger charge is -2.25. The van der Waals surface area contributed by atoms with Crippen molar-refractivity contribution in [1.29, 1.82) is 0 Å². The van der Waals surface area contributed by atoms with Gasteiger partial charge in [-0.2, -0.15) is 0 Å². The van der Waals surface area contributed by atoms with Gasteiger partial charge in [-0.15, -0.1) is 0 Å². The second kappa shape index (κ2) is 10.6. The lowest BCUT2D eigenvalue weighted by atomic mass is 9.94. The quantitative estimate of drug-likeness (QED) is 0.232. The summed E-state index contributed by atoms with van der Waals surface area (Å²) in [6.07, 6.45) is 10.2. The zero-order chi connectivity index (χ0) is 28.6. The first kappa shape index (κ1) is 25.0. The van der Waals surface area contributed by atoms with Crippen LogP contribution >= 0.6 is 0 Å². The van der Waals surface area contributed by atoms with Crippen molar-refractivity contribution in [1.82, 2.24) is 19.9 Å². The van der Waals surface area contributed by atoms with Crippen LogP contribution < -0.4 is 5.32 Å². The SMILES string of the molecule is C1=C(c2cccc(-n3c4ccccc4c4cnccc43)c2)C=C(c2ccc(-c3ccccc3)cc2)NC1c1ccccn1. The normalized spacial score (nSPS) is 14.7. The number of para-hydroxylation sites is 1. The summed E-state index contributed by atoms with van der Waals surface area (Å²) in [6.45, 7) is 0. The lowest BCUT2D eigenvalue weighted by molar-refractivity contribution is 0.739. The summed E-state index contributed by atoms with van der Waals surface area (Å²) in [5.41, 5.74) is 11.3. The van der Waals surface area contributed by atoms with E-state index in [0.717, 1.165) is 44.7 Å². The number of rotatable bonds is 5. The number of benzene rings is 4. The predicted molar refractivity (Wildman–Crippen MR) is 177 cm³/mol. The minimum Gasteiger partial charge on any atom is -0.373 e. The molecule has 204 valence electrons. The van der Waals surface area contributed by atoms with E-state index in [9.17, 15) is 0 Å². The van der Waals surface area contributed by atoms with Gasteiger partial charge in [-0.1, -0.05) is 91.0 Å². The Balaban J connectivity index is 1.23. The van der Waals surface area contributed by atoms with Crippen LogP contribution in [0.4, 0.5) is 0 Å². The number of allylic oxidation sites excluding steroid dienone is 2. The number of nitrogens with zero attached hydrogens (tertiary/aromatic N) is 3. The molecule has 4 heteroatoms. The first-order valence-electron chi connectivity index (χ1n) is 14.5. The number of dihydropyridines is 1. The van der Waals surface area contributed by atoms with E-state index in [1.54, 1.807) is 0 Å². The van der Waals surface area contributed by atoms with Crippen LogP contribution in [-0.2, 0) is 0 Å². The van der Waals surface area contributed by atoms with E-state index in [2.05, 4.69) is 136 Å². The lowest BCUT2D eigenvalue weighted by Crippen LogP contribution is -2.22. The molecule has 4 aromatic carbocycles. The maximum atomic E-state index is 4.69. The highest BCUT2D eigenvalue weighted by atomic mass is 15.0. The molecule has 1 aliphatic heterocycles. The van der Waals surface area contributed by atoms with E-state index < -0.39 is 0 Å². The largest absolute Gasteiger partial charge is 0.373 e. The van der Waals surface area contributed by atoms with Gasteiger partial charge >= 0.3 is 0 Å². The Morgan fingerprint density at radius 2 is 1.33 bits per heavy atom. The topological polar surface area (TPSA) is 42.7 Å². The van der Waals surface area contributed by atoms with E-state index in [4.69, 9.17) is 4.98 Å². The van der Waals surface area contributed by atoms with Gasteiger partial charge in [0.25, 0.3) is 0 Å². The maximum absolute atomic E-state index is 4.69. The highest BCUT2D eigenvalue weighted by Crippen LogP contribution is 2.35. The molecule has 0 amide bonds. The Labute approximate surface area is 250 Å². The van der Waals surface area contributed by atoms with Gasteiger partial charge in [-0.25, -0.2) is 0 Å². The summed E-state index contributed by atoms with van der Waals surface area (Å²) >= 11 is 0. The highest BCUT2D eigenvalue weighted by Gasteiger charge is 2.20. The van der Waals surface area contributed by atoms with Gasteiger partial charge < -0.3 is 9.88 Å². The van der Waals surface area contributed by atoms with Crippen molar-refractivity contribution in [3.8, 4) is 16.8 Å². The molecule has 0 radical (unpaired) electrons. The molecule has 4 heterocycles. The molecule has 7 aromatic rings. The summed E-state index contributed by atoms with van der Waals surface area (Å²) in [6, 6.07) is 44.7. The van der Waals surface area contributed by atoms with Crippen LogP contribution in [0, 0.1) is 0 Å². The van der Waals surface area contributed by atoms with Gasteiger partial charge in [0.1, 0.15) is 0 Å². The molecular formula is C39H28N4. The predicted octanol–water partition coefficient (Wildman–Crippen LogP) is 9.01. The molecule has 0 spiro atoms. The van der Waals surface area contributed by atoms with Gasteiger partial charge in [0, 0.05) is 40.7 Å². The molecule has 8 rings (SSSR count). The van der Waals surface area contributed by atoms with Crippen molar-refractivity contribution in [2.24, 2.45) is 0 Å². The first-order valence-corrected chi connectivity index (χ1v) is 14.5. The zero-order valence-corrected chi connectivity index (χ0v) is 23.4. The molecule has 0 saturated carbocycles. The summed E-state index contributed by atoms with van der Waals surface area (Å²) in [7, 11) is 0. The molecule has 3 aromatic heterocycles. The molecule has 1 aliphatic rings. The van der Waals surface area contributed by atoms with E-state index in [0.29, 0.717) is 0 Å². The third kappa shape index (κ3) is 4.59. The minimum atomic E-state index is -0.0621. The molecule has 43 heavy (non-hydrogen) atoms. The third-order valence-corrected chi connectivity index (χ3v) is 8.18. The fraction of sp³-hybridized carbons (Fsp3) is 0.0256. The number of hydrogen-bond donors (Lipinski definition) is 1. The standard InChI is InChI=1S/C39H28N4/c1-2-9-27(10-3-1)28-16-18-29(19-17-28)36-24-31(25-37(42-36)35-14-6-7-21-41-35)30-11-8-12-32(23-30)43-38-15-5-4-13-33(38)34-26-40-22-20-39(34)43/h1-26,37,42H. The van der Waals surface area contributed by atoms with E-state index in [1.807, 2.05) is 36.8 Å². The van der Waals surface area contributed by atoms with Crippen molar-refractivity contribution in [3.05, 3.63) is 175 Å². The van der Waals surface area contributed by atoms with Crippen molar-refractivity contribution in [2.75, 3.05) is 0 Å². The fourth-order valence-electron chi connectivity index (χ4n) is 6.09. The van der Waals surface area contributed by atoms with Gasteiger partial charge in [-0.05, 0) is 76.4 Å². The number of nitrogens with one attached hydrogen (secondary N) is 1. The van der Waals surface area contributed by atoms with Gasteiger partial charge in [-0.3, -0.25) is 9.97 Å². The minimum absolute atomic E-state index is 0.0621. The van der Waals surface area contributed by atoms with E-state index in [-0.39, 0.29) is 6.04 Å². The Kier molecular flexibility index (Phi) is 6.16. The average Bonchev–Trinajstić information content (AvgIpc) is 3.43. The van der Waals surface area contributed by atoms with Crippen molar-refractivity contribution in [3.63, 3.8) is 0 Å². The van der Waals surface area contributed by atoms with Crippen LogP contribution in [0.2, 0.25) is 0 Å². The monoisotopic (exact) mass is 552 g/mol. The molecule has 1 atom stereocenters. The molecule has 4 nitrogen and oxygen atoms in total. The molecule has 0 aliphatic carbocycles. The van der Waals surface area contributed by atoms with Gasteiger partial charge in [0.05, 0.1) is 22.8 Å². The Bertz CT molecular complexity index is 2090. The van der Waals surface area contributed by atoms with Gasteiger partial charge in [0.2, 0.25) is 0 Å². The van der Waals surface area contributed by atoms with Crippen LogP contribution in [0.25, 0.3) is 49.9 Å². The van der Waals surface area contributed by atoms with Crippen LogP contribution in [0.15, 0.2) is 158 Å². The molecule has 0 saturated heterocycles. The molecular weight excluding hydrogens is 524 g/mol. The first-order chi connectivity index (χ1) is 21.3. The van der Waals surface area contributed by atoms with Crippen molar-refractivity contribution < 1.29 is 0 Å². The molecule has 1 unspecified atom stereocenters. The highest BCUT2D eigenvalue weighted by molar-refractivity contribution is 6.08. The Morgan fingerprint density at radius 1 is 0.581 bits per heavy atom. The number of hydrogen-bond acceptors (Lipinski definition) is 3. The van der Waals surface area contributed by atoms with E-state index >= 15 is 0 Å². The number of pyridine rings is 2. The van der Waals surface area contributed by atoms with E-state index in [1.165, 1.54) is 22.0 Å². The average molecular weight is 553 g/mol. The summed E-state index contributed by atoms with van der Waals surface area (Å²) in [5.74, 6) is 0. The second-order valence-corrected chi connectivity index (χ2v) is 10.8. The Morgan fingerprint density at radius 3 is 2.19 bits per heavy atom. The number of aromatic nitrogens is 3. The maximum Gasteiger partial charge on any atom is 0.0879 e. The van der Waals surface area contributed by atoms with Crippen molar-refractivity contribution >= 4 is 33.1 Å². The van der Waals surface area contributed by atoms with Crippen molar-refractivity contribution in [2.45, 2.75) is 6.04 Å². The summed E-state index contributed by atoms with van der Waals surface area (Å²) < 4.78 is 2.33. The molecule has 0 bridgehead atoms. The zero-order valence-electron chi connectivity index (χ0n) is 23.4. The smallest absolute Gasteiger partial charge is 0.0879 e. The fourth-order valence-corrected chi connectivity index (χ4v) is 6.09. The Hall–Kier alpha value is -5.74. The van der Waals surface area contributed by atoms with Gasteiger partial charge in [0.15, 0.2) is 0 Å². The second-order valence-electron chi connectivity index (χ2n) is 10.8. The van der Waals surface area contributed by atoms with Crippen LogP contribution in [0.5, 0.6) is 0 Å². The van der Waals surface area contributed by atoms with Crippen LogP contribution in [-0.4, -0.2) is 14.5 Å².